The molecule has 8 aromatic rings. The maximum Gasteiger partial charge on any atom is 0.227 e. The molecule has 0 N–H and O–H groups in total. The lowest BCUT2D eigenvalue weighted by molar-refractivity contribution is 0.506. The summed E-state index contributed by atoms with van der Waals surface area (Å²) in [6, 6.07) is 47.7. The fourth-order valence-corrected chi connectivity index (χ4v) is 10.2. The second-order valence-electron chi connectivity index (χ2n) is 16.8. The third-order valence-corrected chi connectivity index (χ3v) is 13.2. The van der Waals surface area contributed by atoms with Crippen molar-refractivity contribution >= 4 is 44.1 Å². The van der Waals surface area contributed by atoms with Gasteiger partial charge in [0.1, 0.15) is 16.9 Å². The molecule has 12 rings (SSSR count). The van der Waals surface area contributed by atoms with Gasteiger partial charge in [0.05, 0.1) is 0 Å². The zero-order valence-corrected chi connectivity index (χ0v) is 33.9. The molecule has 0 aliphatic heterocycles. The zero-order chi connectivity index (χ0) is 40.3. The van der Waals surface area contributed by atoms with Crippen LogP contribution in [0.3, 0.4) is 0 Å². The fourth-order valence-electron chi connectivity index (χ4n) is 10.2. The Hall–Kier alpha value is -7.17. The number of fused-ring (bicyclic) bond motifs is 7. The molecule has 2 atom stereocenters. The highest BCUT2D eigenvalue weighted by molar-refractivity contribution is 6.05. The van der Waals surface area contributed by atoms with E-state index in [1.807, 2.05) is 6.07 Å². The summed E-state index contributed by atoms with van der Waals surface area (Å²) >= 11 is 0. The van der Waals surface area contributed by atoms with E-state index < -0.39 is 0 Å². The van der Waals surface area contributed by atoms with E-state index in [1.54, 1.807) is 0 Å². The predicted molar refractivity (Wildman–Crippen MR) is 250 cm³/mol. The number of rotatable bonds is 7. The Balaban J connectivity index is 0.971. The molecule has 0 amide bonds. The first-order valence-electron chi connectivity index (χ1n) is 21.8. The minimum atomic E-state index is 0.0797. The number of furan rings is 1. The second kappa shape index (κ2) is 14.8. The van der Waals surface area contributed by atoms with Gasteiger partial charge in [0.15, 0.2) is 5.58 Å². The normalized spacial score (nSPS) is 18.4. The topological polar surface area (TPSA) is 42.4 Å². The number of allylic oxidation sites excluding steroid dienone is 11. The number of benzene rings is 6. The highest BCUT2D eigenvalue weighted by atomic mass is 16.3. The first-order valence-corrected chi connectivity index (χ1v) is 21.8. The summed E-state index contributed by atoms with van der Waals surface area (Å²) in [5.74, 6) is 2.07. The van der Waals surface area contributed by atoms with Crippen LogP contribution >= 0.6 is 0 Å². The number of aromatic nitrogens is 1. The summed E-state index contributed by atoms with van der Waals surface area (Å²) in [7, 11) is 0. The van der Waals surface area contributed by atoms with Gasteiger partial charge < -0.3 is 13.7 Å². The molecule has 0 fully saturated rings. The van der Waals surface area contributed by atoms with Crippen LogP contribution in [0.1, 0.15) is 54.1 Å². The van der Waals surface area contributed by atoms with Crippen molar-refractivity contribution in [1.29, 1.82) is 0 Å². The molecule has 6 aromatic carbocycles. The molecule has 0 radical (unpaired) electrons. The number of hydrogen-bond acceptors (Lipinski definition) is 4. The van der Waals surface area contributed by atoms with E-state index in [-0.39, 0.29) is 11.8 Å². The van der Waals surface area contributed by atoms with Gasteiger partial charge in [0.2, 0.25) is 5.89 Å². The van der Waals surface area contributed by atoms with Crippen LogP contribution in [0.5, 0.6) is 0 Å². The molecule has 4 aliphatic rings. The first kappa shape index (κ1) is 35.7. The lowest BCUT2D eigenvalue weighted by Gasteiger charge is -2.37. The maximum atomic E-state index is 6.62. The minimum Gasteiger partial charge on any atom is -0.461 e. The Bertz CT molecular complexity index is 3190. The molecule has 2 aromatic heterocycles. The van der Waals surface area contributed by atoms with E-state index in [9.17, 15) is 0 Å². The van der Waals surface area contributed by atoms with Crippen LogP contribution in [-0.4, -0.2) is 4.98 Å². The summed E-state index contributed by atoms with van der Waals surface area (Å²) in [5.41, 5.74) is 16.2. The van der Waals surface area contributed by atoms with Crippen LogP contribution in [-0.2, 0) is 12.8 Å². The Labute approximate surface area is 355 Å². The molecule has 4 nitrogen and oxygen atoms in total. The Morgan fingerprint density at radius 1 is 0.574 bits per heavy atom. The van der Waals surface area contributed by atoms with Gasteiger partial charge in [0.25, 0.3) is 0 Å². The quantitative estimate of drug-likeness (QED) is 0.161. The van der Waals surface area contributed by atoms with Crippen molar-refractivity contribution in [2.24, 2.45) is 5.92 Å². The van der Waals surface area contributed by atoms with Crippen molar-refractivity contribution in [1.82, 2.24) is 4.98 Å². The zero-order valence-electron chi connectivity index (χ0n) is 33.9. The molecular formula is C57H44N2O2. The summed E-state index contributed by atoms with van der Waals surface area (Å²) in [6.07, 6.45) is 25.1. The van der Waals surface area contributed by atoms with E-state index in [4.69, 9.17) is 13.8 Å². The van der Waals surface area contributed by atoms with Crippen molar-refractivity contribution < 1.29 is 8.83 Å². The third kappa shape index (κ3) is 6.33. The number of hydrogen-bond donors (Lipinski definition) is 0. The average molecular weight is 789 g/mol. The molecule has 0 spiro atoms. The molecular weight excluding hydrogens is 745 g/mol. The van der Waals surface area contributed by atoms with Gasteiger partial charge in [-0.15, -0.1) is 0 Å². The van der Waals surface area contributed by atoms with Crippen molar-refractivity contribution in [3.63, 3.8) is 0 Å². The second-order valence-corrected chi connectivity index (χ2v) is 16.8. The van der Waals surface area contributed by atoms with E-state index in [2.05, 4.69) is 181 Å². The van der Waals surface area contributed by atoms with Crippen molar-refractivity contribution in [2.45, 2.75) is 44.4 Å². The largest absolute Gasteiger partial charge is 0.461 e. The van der Waals surface area contributed by atoms with Gasteiger partial charge in [-0.2, -0.15) is 0 Å². The SMILES string of the molecule is C1=CC2=CC(N(C3=CC=C(c4ccccc4)CC3)c3ccc4c5c(oc4c3)CCCC5)=CC(c3cccc4c3ccc3oc(-c5ccc(-c6ccccc6)cc5)nc34)C2C=C1. The highest BCUT2D eigenvalue weighted by Crippen LogP contribution is 2.46. The molecule has 61 heavy (non-hydrogen) atoms. The molecule has 0 saturated heterocycles. The van der Waals surface area contributed by atoms with Crippen LogP contribution in [0.4, 0.5) is 5.69 Å². The third-order valence-electron chi connectivity index (χ3n) is 13.2. The fraction of sp³-hybridized carbons (Fsp3) is 0.140. The Morgan fingerprint density at radius 3 is 2.20 bits per heavy atom. The molecule has 4 heteroatoms. The lowest BCUT2D eigenvalue weighted by Crippen LogP contribution is -2.27. The van der Waals surface area contributed by atoms with E-state index in [1.165, 1.54) is 79.7 Å². The minimum absolute atomic E-state index is 0.0797. The first-order chi connectivity index (χ1) is 30.2. The summed E-state index contributed by atoms with van der Waals surface area (Å²) in [5, 5.41) is 3.56. The van der Waals surface area contributed by atoms with Gasteiger partial charge in [-0.05, 0) is 113 Å². The van der Waals surface area contributed by atoms with Crippen molar-refractivity contribution in [2.75, 3.05) is 4.90 Å². The van der Waals surface area contributed by atoms with Gasteiger partial charge in [-0.3, -0.25) is 0 Å². The van der Waals surface area contributed by atoms with E-state index in [0.717, 1.165) is 59.0 Å². The molecule has 0 saturated carbocycles. The summed E-state index contributed by atoms with van der Waals surface area (Å²) in [6.45, 7) is 0. The molecule has 2 heterocycles. The standard InChI is InChI=1S/C57H44N2O2/c1-3-12-37(13-4-1)39-22-24-41(25-23-39)57-58-56-51-20-11-19-47(48(51)32-33-54(56)61-57)52-35-45(34-42-16-7-8-17-46(42)52)59(43-28-26-40(27-29-43)38-14-5-2-6-15-38)44-30-31-50-49-18-9-10-21-53(49)60-55(50)36-44/h1-8,11-17,19-20,22-26,28,30-36,46,52H,9-10,18,21,27,29H2. The van der Waals surface area contributed by atoms with E-state index >= 15 is 0 Å². The van der Waals surface area contributed by atoms with Crippen LogP contribution in [0, 0.1) is 5.92 Å². The Morgan fingerprint density at radius 2 is 1.36 bits per heavy atom. The van der Waals surface area contributed by atoms with Crippen LogP contribution in [0.15, 0.2) is 208 Å². The molecule has 0 bridgehead atoms. The van der Waals surface area contributed by atoms with Gasteiger partial charge in [0, 0.05) is 63.3 Å². The van der Waals surface area contributed by atoms with E-state index in [0.29, 0.717) is 5.89 Å². The number of nitrogens with zero attached hydrogens (tertiary/aromatic N) is 2. The van der Waals surface area contributed by atoms with Crippen LogP contribution in [0.2, 0.25) is 0 Å². The smallest absolute Gasteiger partial charge is 0.227 e. The monoisotopic (exact) mass is 788 g/mol. The number of anilines is 1. The summed E-state index contributed by atoms with van der Waals surface area (Å²) in [4.78, 5) is 7.65. The van der Waals surface area contributed by atoms with Crippen LogP contribution in [0.25, 0.3) is 61.0 Å². The molecule has 294 valence electrons. The average Bonchev–Trinajstić information content (AvgIpc) is 3.94. The lowest BCUT2D eigenvalue weighted by atomic mass is 9.74. The Kier molecular flexibility index (Phi) is 8.69. The van der Waals surface area contributed by atoms with Crippen molar-refractivity contribution in [3.05, 3.63) is 221 Å². The predicted octanol–water partition coefficient (Wildman–Crippen LogP) is 14.9. The molecule has 2 unspecified atom stereocenters. The van der Waals surface area contributed by atoms with Crippen molar-refractivity contribution in [3.8, 4) is 22.6 Å². The van der Waals surface area contributed by atoms with Crippen LogP contribution < -0.4 is 4.90 Å². The highest BCUT2D eigenvalue weighted by Gasteiger charge is 2.32. The van der Waals surface area contributed by atoms with Gasteiger partial charge >= 0.3 is 0 Å². The van der Waals surface area contributed by atoms with Gasteiger partial charge in [-0.25, -0.2) is 4.98 Å². The number of oxazole rings is 1. The maximum absolute atomic E-state index is 6.62. The molecule has 4 aliphatic carbocycles. The van der Waals surface area contributed by atoms with Gasteiger partial charge in [-0.1, -0.05) is 134 Å². The number of aryl methyl sites for hydroxylation is 2. The summed E-state index contributed by atoms with van der Waals surface area (Å²) < 4.78 is 13.1.